The van der Waals surface area contributed by atoms with Gasteiger partial charge in [0.05, 0.1) is 26.8 Å². The maximum Gasteiger partial charge on any atom is 0.203 e. The van der Waals surface area contributed by atoms with Crippen LogP contribution in [0.1, 0.15) is 5.56 Å². The Morgan fingerprint density at radius 2 is 1.58 bits per heavy atom. The molecule has 0 saturated carbocycles. The van der Waals surface area contributed by atoms with E-state index in [-0.39, 0.29) is 0 Å². The van der Waals surface area contributed by atoms with E-state index >= 15 is 0 Å². The molecule has 0 atom stereocenters. The molecule has 0 amide bonds. The third-order valence-electron chi connectivity index (χ3n) is 3.80. The maximum atomic E-state index is 5.38. The van der Waals surface area contributed by atoms with E-state index in [9.17, 15) is 0 Å². The molecule has 1 N–H and O–H groups in total. The van der Waals surface area contributed by atoms with Gasteiger partial charge in [0.25, 0.3) is 0 Å². The highest BCUT2D eigenvalue weighted by molar-refractivity contribution is 5.80. The summed E-state index contributed by atoms with van der Waals surface area (Å²) in [5, 5.41) is 4.45. The maximum absolute atomic E-state index is 5.38. The summed E-state index contributed by atoms with van der Waals surface area (Å²) >= 11 is 0. The second-order valence-electron chi connectivity index (χ2n) is 5.28. The molecule has 0 radical (unpaired) electrons. The Bertz CT molecular complexity index is 824. The molecule has 0 spiro atoms. The van der Waals surface area contributed by atoms with Crippen LogP contribution in [0.15, 0.2) is 48.5 Å². The highest BCUT2D eigenvalue weighted by Crippen LogP contribution is 2.38. The number of ether oxygens (including phenoxy) is 3. The molecule has 0 unspecified atom stereocenters. The fourth-order valence-corrected chi connectivity index (χ4v) is 2.59. The SMILES string of the molecule is COc1cc(CNc2ccc3ccccc3n2)cc(OC)c1OC. The Labute approximate surface area is 141 Å². The normalized spacial score (nSPS) is 10.5. The predicted molar refractivity (Wildman–Crippen MR) is 95.2 cm³/mol. The number of hydrogen-bond donors (Lipinski definition) is 1. The van der Waals surface area contributed by atoms with Gasteiger partial charge in [-0.25, -0.2) is 4.98 Å². The van der Waals surface area contributed by atoms with E-state index in [0.29, 0.717) is 23.8 Å². The molecule has 3 aromatic rings. The van der Waals surface area contributed by atoms with Crippen LogP contribution in [0.3, 0.4) is 0 Å². The van der Waals surface area contributed by atoms with Crippen LogP contribution >= 0.6 is 0 Å². The second kappa shape index (κ2) is 7.08. The van der Waals surface area contributed by atoms with Gasteiger partial charge in [-0.1, -0.05) is 18.2 Å². The molecule has 0 bridgehead atoms. The largest absolute Gasteiger partial charge is 0.493 e. The lowest BCUT2D eigenvalue weighted by atomic mass is 10.1. The summed E-state index contributed by atoms with van der Waals surface area (Å²) in [5.41, 5.74) is 1.98. The minimum atomic E-state index is 0.590. The van der Waals surface area contributed by atoms with Gasteiger partial charge in [0.15, 0.2) is 11.5 Å². The van der Waals surface area contributed by atoms with Crippen LogP contribution in [0.5, 0.6) is 17.2 Å². The number of nitrogens with zero attached hydrogens (tertiary/aromatic N) is 1. The van der Waals surface area contributed by atoms with Gasteiger partial charge in [0, 0.05) is 11.9 Å². The lowest BCUT2D eigenvalue weighted by Gasteiger charge is -2.14. The van der Waals surface area contributed by atoms with E-state index in [4.69, 9.17) is 14.2 Å². The zero-order valence-electron chi connectivity index (χ0n) is 14.0. The average molecular weight is 324 g/mol. The number of hydrogen-bond acceptors (Lipinski definition) is 5. The Morgan fingerprint density at radius 3 is 2.25 bits per heavy atom. The van der Waals surface area contributed by atoms with Gasteiger partial charge in [-0.15, -0.1) is 0 Å². The molecule has 0 aliphatic heterocycles. The van der Waals surface area contributed by atoms with Crippen molar-refractivity contribution in [1.82, 2.24) is 4.98 Å². The Balaban J connectivity index is 1.82. The first-order chi connectivity index (χ1) is 11.7. The molecule has 3 rings (SSSR count). The minimum Gasteiger partial charge on any atom is -0.493 e. The number of benzene rings is 2. The minimum absolute atomic E-state index is 0.590. The van der Waals surface area contributed by atoms with Crippen molar-refractivity contribution in [1.29, 1.82) is 0 Å². The number of fused-ring (bicyclic) bond motifs is 1. The van der Waals surface area contributed by atoms with Crippen molar-refractivity contribution < 1.29 is 14.2 Å². The smallest absolute Gasteiger partial charge is 0.203 e. The lowest BCUT2D eigenvalue weighted by molar-refractivity contribution is 0.324. The van der Waals surface area contributed by atoms with Crippen molar-refractivity contribution in [2.45, 2.75) is 6.54 Å². The highest BCUT2D eigenvalue weighted by atomic mass is 16.5. The number of anilines is 1. The summed E-state index contributed by atoms with van der Waals surface area (Å²) in [6, 6.07) is 15.9. The molecule has 0 fully saturated rings. The molecule has 24 heavy (non-hydrogen) atoms. The van der Waals surface area contributed by atoms with Crippen molar-refractivity contribution >= 4 is 16.7 Å². The summed E-state index contributed by atoms with van der Waals surface area (Å²) in [7, 11) is 4.82. The van der Waals surface area contributed by atoms with Gasteiger partial charge in [-0.2, -0.15) is 0 Å². The molecule has 0 aliphatic carbocycles. The summed E-state index contributed by atoms with van der Waals surface area (Å²) < 4.78 is 16.1. The van der Waals surface area contributed by atoms with E-state index in [1.54, 1.807) is 21.3 Å². The van der Waals surface area contributed by atoms with Crippen LogP contribution < -0.4 is 19.5 Å². The fraction of sp³-hybridized carbons (Fsp3) is 0.211. The number of rotatable bonds is 6. The highest BCUT2D eigenvalue weighted by Gasteiger charge is 2.13. The van der Waals surface area contributed by atoms with Crippen LogP contribution in [-0.4, -0.2) is 26.3 Å². The van der Waals surface area contributed by atoms with Crippen molar-refractivity contribution in [2.24, 2.45) is 0 Å². The van der Waals surface area contributed by atoms with Crippen molar-refractivity contribution in [3.8, 4) is 17.2 Å². The van der Waals surface area contributed by atoms with Crippen LogP contribution in [0.25, 0.3) is 10.9 Å². The van der Waals surface area contributed by atoms with Gasteiger partial charge in [0.2, 0.25) is 5.75 Å². The van der Waals surface area contributed by atoms with Crippen LogP contribution in [-0.2, 0) is 6.54 Å². The van der Waals surface area contributed by atoms with Gasteiger partial charge in [-0.05, 0) is 35.9 Å². The van der Waals surface area contributed by atoms with E-state index < -0.39 is 0 Å². The predicted octanol–water partition coefficient (Wildman–Crippen LogP) is 3.87. The van der Waals surface area contributed by atoms with Gasteiger partial charge >= 0.3 is 0 Å². The summed E-state index contributed by atoms with van der Waals surface area (Å²) in [5.74, 6) is 2.69. The Morgan fingerprint density at radius 1 is 0.875 bits per heavy atom. The molecule has 1 heterocycles. The molecule has 0 aliphatic rings. The summed E-state index contributed by atoms with van der Waals surface area (Å²) in [4.78, 5) is 4.61. The third kappa shape index (κ3) is 3.20. The van der Waals surface area contributed by atoms with Gasteiger partial charge in [0.1, 0.15) is 5.82 Å². The van der Waals surface area contributed by atoms with E-state index in [1.807, 2.05) is 42.5 Å². The van der Waals surface area contributed by atoms with E-state index in [2.05, 4.69) is 16.4 Å². The zero-order valence-corrected chi connectivity index (χ0v) is 14.0. The summed E-state index contributed by atoms with van der Waals surface area (Å²) in [6.07, 6.45) is 0. The molecular formula is C19H20N2O3. The first-order valence-corrected chi connectivity index (χ1v) is 7.63. The molecule has 1 aromatic heterocycles. The number of nitrogens with one attached hydrogen (secondary N) is 1. The standard InChI is InChI=1S/C19H20N2O3/c1-22-16-10-13(11-17(23-2)19(16)24-3)12-20-18-9-8-14-6-4-5-7-15(14)21-18/h4-11H,12H2,1-3H3,(H,20,21). The number of methoxy groups -OCH3 is 3. The molecule has 5 heteroatoms. The molecule has 5 nitrogen and oxygen atoms in total. The quantitative estimate of drug-likeness (QED) is 0.746. The first kappa shape index (κ1) is 15.9. The second-order valence-corrected chi connectivity index (χ2v) is 5.28. The van der Waals surface area contributed by atoms with E-state index in [1.165, 1.54) is 0 Å². The zero-order chi connectivity index (χ0) is 16.9. The van der Waals surface area contributed by atoms with Crippen molar-refractivity contribution in [2.75, 3.05) is 26.6 Å². The fourth-order valence-electron chi connectivity index (χ4n) is 2.59. The molecular weight excluding hydrogens is 304 g/mol. The first-order valence-electron chi connectivity index (χ1n) is 7.63. The summed E-state index contributed by atoms with van der Waals surface area (Å²) in [6.45, 7) is 0.599. The molecule has 0 saturated heterocycles. The Kier molecular flexibility index (Phi) is 4.70. The van der Waals surface area contributed by atoms with Crippen LogP contribution in [0.2, 0.25) is 0 Å². The van der Waals surface area contributed by atoms with E-state index in [0.717, 1.165) is 22.3 Å². The monoisotopic (exact) mass is 324 g/mol. The van der Waals surface area contributed by atoms with Crippen molar-refractivity contribution in [3.05, 3.63) is 54.1 Å². The topological polar surface area (TPSA) is 52.6 Å². The number of pyridine rings is 1. The Hall–Kier alpha value is -2.95. The molecule has 2 aromatic carbocycles. The third-order valence-corrected chi connectivity index (χ3v) is 3.80. The molecule has 124 valence electrons. The number of aromatic nitrogens is 1. The van der Waals surface area contributed by atoms with Crippen LogP contribution in [0.4, 0.5) is 5.82 Å². The van der Waals surface area contributed by atoms with Crippen LogP contribution in [0, 0.1) is 0 Å². The van der Waals surface area contributed by atoms with Gasteiger partial charge in [-0.3, -0.25) is 0 Å². The number of para-hydroxylation sites is 1. The van der Waals surface area contributed by atoms with Gasteiger partial charge < -0.3 is 19.5 Å². The van der Waals surface area contributed by atoms with Crippen molar-refractivity contribution in [3.63, 3.8) is 0 Å². The lowest BCUT2D eigenvalue weighted by Crippen LogP contribution is -2.03. The average Bonchev–Trinajstić information content (AvgIpc) is 2.65.